The largest absolute Gasteiger partial charge is 0.488 e. The van der Waals surface area contributed by atoms with Gasteiger partial charge in [-0.25, -0.2) is 0 Å². The second-order valence-electron chi connectivity index (χ2n) is 3.17. The van der Waals surface area contributed by atoms with Gasteiger partial charge in [-0.2, -0.15) is 0 Å². The predicted octanol–water partition coefficient (Wildman–Crippen LogP) is 0.878. The fourth-order valence-corrected chi connectivity index (χ4v) is 1.29. The first-order valence-corrected chi connectivity index (χ1v) is 5.25. The summed E-state index contributed by atoms with van der Waals surface area (Å²) in [5.74, 6) is 0.643. The maximum Gasteiger partial charge on any atom is 0.257 e. The van der Waals surface area contributed by atoms with E-state index in [4.69, 9.17) is 22.1 Å². The first-order chi connectivity index (χ1) is 7.22. The van der Waals surface area contributed by atoms with Gasteiger partial charge in [-0.3, -0.25) is 4.79 Å². The Balaban J connectivity index is 2.23. The summed E-state index contributed by atoms with van der Waals surface area (Å²) in [5, 5.41) is 3.44. The van der Waals surface area contributed by atoms with Crippen LogP contribution in [0.4, 0.5) is 0 Å². The number of halogens is 1. The van der Waals surface area contributed by atoms with Crippen LogP contribution in [0.3, 0.4) is 0 Å². The summed E-state index contributed by atoms with van der Waals surface area (Å²) < 4.78 is 5.30. The van der Waals surface area contributed by atoms with E-state index in [1.165, 1.54) is 0 Å². The molecule has 1 aliphatic carbocycles. The van der Waals surface area contributed by atoms with Gasteiger partial charge in [0, 0.05) is 24.5 Å². The van der Waals surface area contributed by atoms with E-state index >= 15 is 0 Å². The van der Waals surface area contributed by atoms with Crippen LogP contribution in [0.1, 0.15) is 12.8 Å². The lowest BCUT2D eigenvalue weighted by molar-refractivity contribution is -0.124. The fraction of sp³-hybridized carbons (Fsp3) is 0.500. The van der Waals surface area contributed by atoms with Crippen molar-refractivity contribution in [2.45, 2.75) is 12.8 Å². The second-order valence-corrected chi connectivity index (χ2v) is 3.66. The third-order valence-electron chi connectivity index (χ3n) is 1.92. The van der Waals surface area contributed by atoms with Gasteiger partial charge in [0.25, 0.3) is 5.91 Å². The molecule has 0 saturated heterocycles. The zero-order chi connectivity index (χ0) is 11.1. The van der Waals surface area contributed by atoms with Crippen LogP contribution in [0.25, 0.3) is 0 Å². The number of amides is 1. The summed E-state index contributed by atoms with van der Waals surface area (Å²) in [6.45, 7) is 0.955. The molecule has 15 heavy (non-hydrogen) atoms. The molecule has 5 heteroatoms. The number of carbonyl (C=O) groups is 1. The van der Waals surface area contributed by atoms with Crippen molar-refractivity contribution in [2.75, 3.05) is 19.7 Å². The van der Waals surface area contributed by atoms with Gasteiger partial charge in [0.1, 0.15) is 0 Å². The lowest BCUT2D eigenvalue weighted by Gasteiger charge is -2.12. The number of hydrogen-bond donors (Lipinski definition) is 2. The third-order valence-corrected chi connectivity index (χ3v) is 2.23. The Kier molecular flexibility index (Phi) is 5.21. The van der Waals surface area contributed by atoms with Crippen LogP contribution in [0.15, 0.2) is 22.9 Å². The Morgan fingerprint density at radius 1 is 1.53 bits per heavy atom. The first-order valence-electron chi connectivity index (χ1n) is 4.87. The highest BCUT2D eigenvalue weighted by atomic mass is 35.5. The summed E-state index contributed by atoms with van der Waals surface area (Å²) in [4.78, 5) is 11.1. The Morgan fingerprint density at radius 3 is 2.93 bits per heavy atom. The summed E-state index contributed by atoms with van der Waals surface area (Å²) >= 11 is 5.78. The molecule has 4 nitrogen and oxygen atoms in total. The van der Waals surface area contributed by atoms with Gasteiger partial charge in [-0.05, 0) is 18.6 Å². The molecule has 1 aliphatic rings. The van der Waals surface area contributed by atoms with Crippen LogP contribution in [-0.4, -0.2) is 25.6 Å². The van der Waals surface area contributed by atoms with Crippen molar-refractivity contribution in [3.63, 3.8) is 0 Å². The average Bonchev–Trinajstić information content (AvgIpc) is 2.25. The SMILES string of the molecule is NCCNC(=O)COC1=CC=C(Cl)CC1. The Morgan fingerprint density at radius 2 is 2.33 bits per heavy atom. The zero-order valence-electron chi connectivity index (χ0n) is 8.46. The molecular formula is C10H15ClN2O2. The van der Waals surface area contributed by atoms with Gasteiger partial charge in [0.05, 0.1) is 5.76 Å². The molecular weight excluding hydrogens is 216 g/mol. The number of allylic oxidation sites excluding steroid dienone is 4. The van der Waals surface area contributed by atoms with Crippen molar-refractivity contribution in [1.82, 2.24) is 5.32 Å². The number of ether oxygens (including phenoxy) is 1. The molecule has 0 saturated carbocycles. The van der Waals surface area contributed by atoms with Crippen LogP contribution in [0, 0.1) is 0 Å². The van der Waals surface area contributed by atoms with Crippen LogP contribution in [0.5, 0.6) is 0 Å². The molecule has 3 N–H and O–H groups in total. The second kappa shape index (κ2) is 6.48. The van der Waals surface area contributed by atoms with Gasteiger partial charge in [0.15, 0.2) is 6.61 Å². The van der Waals surface area contributed by atoms with E-state index in [2.05, 4.69) is 5.32 Å². The zero-order valence-corrected chi connectivity index (χ0v) is 9.22. The van der Waals surface area contributed by atoms with Gasteiger partial charge >= 0.3 is 0 Å². The van der Waals surface area contributed by atoms with Crippen molar-refractivity contribution >= 4 is 17.5 Å². The molecule has 0 fully saturated rings. The average molecular weight is 231 g/mol. The van der Waals surface area contributed by atoms with E-state index in [0.29, 0.717) is 13.1 Å². The maximum atomic E-state index is 11.1. The van der Waals surface area contributed by atoms with E-state index in [1.54, 1.807) is 12.2 Å². The number of hydrogen-bond acceptors (Lipinski definition) is 3. The maximum absolute atomic E-state index is 11.1. The van der Waals surface area contributed by atoms with Crippen LogP contribution in [-0.2, 0) is 9.53 Å². The van der Waals surface area contributed by atoms with E-state index in [0.717, 1.165) is 23.6 Å². The van der Waals surface area contributed by atoms with Crippen LogP contribution < -0.4 is 11.1 Å². The van der Waals surface area contributed by atoms with Crippen LogP contribution in [0.2, 0.25) is 0 Å². The normalized spacial score (nSPS) is 15.3. The lowest BCUT2D eigenvalue weighted by Crippen LogP contribution is -2.31. The third kappa shape index (κ3) is 4.85. The van der Waals surface area contributed by atoms with Gasteiger partial charge in [-0.1, -0.05) is 11.6 Å². The van der Waals surface area contributed by atoms with Gasteiger partial charge in [-0.15, -0.1) is 0 Å². The molecule has 1 rings (SSSR count). The molecule has 0 radical (unpaired) electrons. The lowest BCUT2D eigenvalue weighted by atomic mass is 10.1. The topological polar surface area (TPSA) is 64.3 Å². The minimum absolute atomic E-state index is 0.0390. The standard InChI is InChI=1S/C10H15ClN2O2/c11-8-1-3-9(4-2-8)15-7-10(14)13-6-5-12/h1,3H,2,4-7,12H2,(H,13,14). The molecule has 0 heterocycles. The predicted molar refractivity (Wildman–Crippen MR) is 59.3 cm³/mol. The number of nitrogens with two attached hydrogens (primary N) is 1. The molecule has 0 aliphatic heterocycles. The highest BCUT2D eigenvalue weighted by molar-refractivity contribution is 6.29. The van der Waals surface area contributed by atoms with Gasteiger partial charge < -0.3 is 15.8 Å². The number of rotatable bonds is 5. The first kappa shape index (κ1) is 12.1. The van der Waals surface area contributed by atoms with Gasteiger partial charge in [0.2, 0.25) is 0 Å². The number of carbonyl (C=O) groups excluding carboxylic acids is 1. The molecule has 0 aromatic rings. The molecule has 0 aromatic heterocycles. The molecule has 0 bridgehead atoms. The van der Waals surface area contributed by atoms with Crippen molar-refractivity contribution in [3.8, 4) is 0 Å². The molecule has 0 atom stereocenters. The highest BCUT2D eigenvalue weighted by Gasteiger charge is 2.07. The highest BCUT2D eigenvalue weighted by Crippen LogP contribution is 2.21. The van der Waals surface area contributed by atoms with Crippen molar-refractivity contribution in [1.29, 1.82) is 0 Å². The molecule has 0 aromatic carbocycles. The van der Waals surface area contributed by atoms with E-state index in [-0.39, 0.29) is 12.5 Å². The summed E-state index contributed by atoms with van der Waals surface area (Å²) in [7, 11) is 0. The Labute approximate surface area is 94.1 Å². The molecule has 1 amide bonds. The summed E-state index contributed by atoms with van der Waals surface area (Å²) in [6, 6.07) is 0. The minimum atomic E-state index is -0.151. The Bertz CT molecular complexity index is 287. The monoisotopic (exact) mass is 230 g/mol. The minimum Gasteiger partial charge on any atom is -0.488 e. The van der Waals surface area contributed by atoms with E-state index < -0.39 is 0 Å². The van der Waals surface area contributed by atoms with Crippen molar-refractivity contribution in [3.05, 3.63) is 22.9 Å². The Hall–Kier alpha value is -1.00. The van der Waals surface area contributed by atoms with E-state index in [1.807, 2.05) is 0 Å². The smallest absolute Gasteiger partial charge is 0.257 e. The van der Waals surface area contributed by atoms with Crippen LogP contribution >= 0.6 is 11.6 Å². The quantitative estimate of drug-likeness (QED) is 0.737. The summed E-state index contributed by atoms with van der Waals surface area (Å²) in [6.07, 6.45) is 5.11. The molecule has 84 valence electrons. The molecule has 0 unspecified atom stereocenters. The summed E-state index contributed by atoms with van der Waals surface area (Å²) in [5.41, 5.74) is 5.24. The number of nitrogens with one attached hydrogen (secondary N) is 1. The van der Waals surface area contributed by atoms with Crippen molar-refractivity contribution in [2.24, 2.45) is 5.73 Å². The van der Waals surface area contributed by atoms with Crippen molar-refractivity contribution < 1.29 is 9.53 Å². The molecule has 0 spiro atoms. The fourth-order valence-electron chi connectivity index (χ4n) is 1.13. The van der Waals surface area contributed by atoms with E-state index in [9.17, 15) is 4.79 Å².